The van der Waals surface area contributed by atoms with Gasteiger partial charge in [0.05, 0.1) is 144 Å². The molecule has 8 N–H and O–H groups in total. The van der Waals surface area contributed by atoms with Gasteiger partial charge in [0.25, 0.3) is 0 Å². The molecule has 0 unspecified atom stereocenters. The predicted octanol–water partition coefficient (Wildman–Crippen LogP) is -3.91. The lowest BCUT2D eigenvalue weighted by atomic mass is 9.92. The zero-order chi connectivity index (χ0) is 37.7. The van der Waals surface area contributed by atoms with Crippen LogP contribution in [0.5, 0.6) is 0 Å². The number of esters is 4. The molecule has 0 spiro atoms. The zero-order valence-corrected chi connectivity index (χ0v) is 29.4. The summed E-state index contributed by atoms with van der Waals surface area (Å²) in [6.45, 7) is 2.52. The average Bonchev–Trinajstić information content (AvgIpc) is 3.14. The summed E-state index contributed by atoms with van der Waals surface area (Å²) in [6.07, 6.45) is 0. The average molecular weight is 747 g/mol. The molecule has 0 atom stereocenters. The van der Waals surface area contributed by atoms with Crippen molar-refractivity contribution in [2.45, 2.75) is 0 Å². The summed E-state index contributed by atoms with van der Waals surface area (Å²) < 4.78 is 70.1. The van der Waals surface area contributed by atoms with Gasteiger partial charge in [-0.05, 0) is 0 Å². The molecule has 0 saturated carbocycles. The van der Waals surface area contributed by atoms with Crippen LogP contribution in [0.25, 0.3) is 0 Å². The van der Waals surface area contributed by atoms with Gasteiger partial charge in [0.15, 0.2) is 6.79 Å². The third-order valence-corrected chi connectivity index (χ3v) is 5.94. The molecule has 21 heteroatoms. The number of carbonyl (C=O) groups is 4. The van der Waals surface area contributed by atoms with Gasteiger partial charge >= 0.3 is 23.9 Å². The van der Waals surface area contributed by atoms with E-state index in [1.165, 1.54) is 0 Å². The van der Waals surface area contributed by atoms with Gasteiger partial charge in [-0.3, -0.25) is 19.2 Å². The van der Waals surface area contributed by atoms with Crippen LogP contribution in [0, 0.1) is 5.41 Å². The van der Waals surface area contributed by atoms with Gasteiger partial charge in [-0.25, -0.2) is 0 Å². The van der Waals surface area contributed by atoms with E-state index in [1.807, 2.05) is 0 Å². The maximum absolute atomic E-state index is 11.2. The standard InChI is InChI=1S/C30H58N4O17/c31-17-26(35)48-14-11-40-2-7-44-22-30(23-45-8-3-41-12-15-49-27(36)18-32,24-46-9-4-42-13-16-50-28(37)19-33)21-43-6-1-39-5-10-47-25-51-29(38)20-34/h1-25,31-34H2. The smallest absolute Gasteiger partial charge is 0.321 e. The quantitative estimate of drug-likeness (QED) is 0.0203. The van der Waals surface area contributed by atoms with E-state index in [1.54, 1.807) is 0 Å². The van der Waals surface area contributed by atoms with Gasteiger partial charge in [-0.2, -0.15) is 0 Å². The van der Waals surface area contributed by atoms with Crippen LogP contribution in [0.3, 0.4) is 0 Å². The molecule has 0 amide bonds. The largest absolute Gasteiger partial charge is 0.462 e. The number of nitrogens with two attached hydrogens (primary N) is 4. The molecule has 0 radical (unpaired) electrons. The second-order valence-corrected chi connectivity index (χ2v) is 10.2. The van der Waals surface area contributed by atoms with Crippen LogP contribution in [0.4, 0.5) is 0 Å². The highest BCUT2D eigenvalue weighted by Gasteiger charge is 2.32. The van der Waals surface area contributed by atoms with Crippen LogP contribution < -0.4 is 22.9 Å². The maximum Gasteiger partial charge on any atom is 0.321 e. The summed E-state index contributed by atoms with van der Waals surface area (Å²) in [6, 6.07) is 0. The molecule has 0 aliphatic heterocycles. The fourth-order valence-electron chi connectivity index (χ4n) is 3.45. The fourth-order valence-corrected chi connectivity index (χ4v) is 3.45. The van der Waals surface area contributed by atoms with Gasteiger partial charge < -0.3 is 84.5 Å². The van der Waals surface area contributed by atoms with E-state index in [4.69, 9.17) is 84.5 Å². The first-order chi connectivity index (χ1) is 24.8. The van der Waals surface area contributed by atoms with Crippen molar-refractivity contribution in [3.05, 3.63) is 0 Å². The third-order valence-electron chi connectivity index (χ3n) is 5.94. The Morgan fingerprint density at radius 1 is 0.314 bits per heavy atom. The number of hydrogen-bond acceptors (Lipinski definition) is 21. The summed E-state index contributed by atoms with van der Waals surface area (Å²) in [5.74, 6) is -2.14. The van der Waals surface area contributed by atoms with Crippen molar-refractivity contribution < 1.29 is 80.8 Å². The highest BCUT2D eigenvalue weighted by atomic mass is 16.7. The Labute approximate surface area is 298 Å². The summed E-state index contributed by atoms with van der Waals surface area (Å²) >= 11 is 0. The first-order valence-corrected chi connectivity index (χ1v) is 16.4. The molecule has 0 aliphatic rings. The van der Waals surface area contributed by atoms with Crippen molar-refractivity contribution in [1.29, 1.82) is 0 Å². The van der Waals surface area contributed by atoms with Crippen molar-refractivity contribution >= 4 is 23.9 Å². The number of carbonyl (C=O) groups excluding carboxylic acids is 4. The van der Waals surface area contributed by atoms with Gasteiger partial charge in [0.1, 0.15) is 19.8 Å². The van der Waals surface area contributed by atoms with E-state index in [2.05, 4.69) is 0 Å². The van der Waals surface area contributed by atoms with Gasteiger partial charge in [-0.1, -0.05) is 0 Å². The molecular formula is C30H58N4O17. The van der Waals surface area contributed by atoms with E-state index in [0.717, 1.165) is 0 Å². The normalized spacial score (nSPS) is 11.4. The van der Waals surface area contributed by atoms with Gasteiger partial charge in [0, 0.05) is 0 Å². The first kappa shape index (κ1) is 48.4. The van der Waals surface area contributed by atoms with E-state index in [-0.39, 0.29) is 165 Å². The van der Waals surface area contributed by atoms with Crippen molar-refractivity contribution in [2.75, 3.05) is 165 Å². The monoisotopic (exact) mass is 746 g/mol. The van der Waals surface area contributed by atoms with E-state index < -0.39 is 29.3 Å². The van der Waals surface area contributed by atoms with Crippen LogP contribution in [0.2, 0.25) is 0 Å². The van der Waals surface area contributed by atoms with E-state index >= 15 is 0 Å². The molecule has 0 bridgehead atoms. The van der Waals surface area contributed by atoms with Crippen LogP contribution in [-0.4, -0.2) is 189 Å². The number of hydrogen-bond donors (Lipinski definition) is 4. The SMILES string of the molecule is NCC(=O)OCCOCCOCC(COCCOCCOCOC(=O)CN)(COCCOCCOC(=O)CN)COCCOCCOC(=O)CN. The van der Waals surface area contributed by atoms with Crippen LogP contribution >= 0.6 is 0 Å². The van der Waals surface area contributed by atoms with Gasteiger partial charge in [-0.15, -0.1) is 0 Å². The molecular weight excluding hydrogens is 688 g/mol. The van der Waals surface area contributed by atoms with Crippen molar-refractivity contribution in [1.82, 2.24) is 0 Å². The molecule has 21 nitrogen and oxygen atoms in total. The highest BCUT2D eigenvalue weighted by Crippen LogP contribution is 2.21. The summed E-state index contributed by atoms with van der Waals surface area (Å²) in [5.41, 5.74) is 20.0. The molecule has 0 aliphatic carbocycles. The topological polar surface area (TPSA) is 292 Å². The van der Waals surface area contributed by atoms with Crippen molar-refractivity contribution in [3.8, 4) is 0 Å². The zero-order valence-electron chi connectivity index (χ0n) is 29.4. The first-order valence-electron chi connectivity index (χ1n) is 16.4. The lowest BCUT2D eigenvalue weighted by Gasteiger charge is -2.33. The molecule has 0 rings (SSSR count). The Morgan fingerprint density at radius 2 is 0.549 bits per heavy atom. The van der Waals surface area contributed by atoms with Crippen LogP contribution in [0.1, 0.15) is 0 Å². The number of ether oxygens (including phenoxy) is 13. The third kappa shape index (κ3) is 31.8. The second-order valence-electron chi connectivity index (χ2n) is 10.2. The van der Waals surface area contributed by atoms with Crippen LogP contribution in [-0.2, 0) is 80.8 Å². The molecule has 300 valence electrons. The fraction of sp³-hybridized carbons (Fsp3) is 0.867. The Hall–Kier alpha value is -2.64. The minimum Gasteiger partial charge on any atom is -0.462 e. The number of rotatable bonds is 38. The molecule has 51 heavy (non-hydrogen) atoms. The Kier molecular flexibility index (Phi) is 33.9. The molecule has 0 saturated heterocycles. The Bertz CT molecular complexity index is 796. The summed E-state index contributed by atoms with van der Waals surface area (Å²) in [7, 11) is 0. The van der Waals surface area contributed by atoms with Crippen molar-refractivity contribution in [3.63, 3.8) is 0 Å². The van der Waals surface area contributed by atoms with E-state index in [9.17, 15) is 19.2 Å². The molecule has 0 heterocycles. The maximum atomic E-state index is 11.2. The molecule has 0 aromatic rings. The Balaban J connectivity index is 5.01. The minimum atomic E-state index is -0.792. The second kappa shape index (κ2) is 35.7. The van der Waals surface area contributed by atoms with Crippen molar-refractivity contribution in [2.24, 2.45) is 28.3 Å². The molecule has 0 fully saturated rings. The lowest BCUT2D eigenvalue weighted by molar-refractivity contribution is -0.155. The summed E-state index contributed by atoms with van der Waals surface area (Å²) in [4.78, 5) is 44.5. The highest BCUT2D eigenvalue weighted by molar-refractivity contribution is 5.72. The Morgan fingerprint density at radius 3 is 0.843 bits per heavy atom. The summed E-state index contributed by atoms with van der Waals surface area (Å²) in [5, 5.41) is 0. The molecule has 0 aromatic carbocycles. The lowest BCUT2D eigenvalue weighted by Crippen LogP contribution is -2.43. The van der Waals surface area contributed by atoms with Gasteiger partial charge in [0.2, 0.25) is 0 Å². The molecule has 0 aromatic heterocycles. The minimum absolute atomic E-state index is 0.0699. The van der Waals surface area contributed by atoms with Crippen LogP contribution in [0.15, 0.2) is 0 Å². The van der Waals surface area contributed by atoms with E-state index in [0.29, 0.717) is 0 Å². The predicted molar refractivity (Wildman–Crippen MR) is 175 cm³/mol.